The monoisotopic (exact) mass is 764 g/mol. The van der Waals surface area contributed by atoms with Gasteiger partial charge in [0.15, 0.2) is 5.82 Å². The minimum absolute atomic E-state index is 0.0751. The van der Waals surface area contributed by atoms with E-state index in [0.717, 1.165) is 32.9 Å². The van der Waals surface area contributed by atoms with Gasteiger partial charge in [0.1, 0.15) is 4.83 Å². The number of hydrogen-bond donors (Lipinski definition) is 0. The van der Waals surface area contributed by atoms with Crippen LogP contribution in [0.4, 0.5) is 0 Å². The molecule has 0 aliphatic heterocycles. The molecule has 2 nitrogen and oxygen atoms in total. The van der Waals surface area contributed by atoms with E-state index < -0.39 is 0 Å². The van der Waals surface area contributed by atoms with Crippen molar-refractivity contribution in [1.82, 2.24) is 9.97 Å². The van der Waals surface area contributed by atoms with Crippen molar-refractivity contribution in [3.63, 3.8) is 0 Å². The van der Waals surface area contributed by atoms with Gasteiger partial charge in [-0.05, 0) is 98.0 Å². The minimum Gasteiger partial charge on any atom is -0.227 e. The molecule has 4 aliphatic rings. The van der Waals surface area contributed by atoms with E-state index >= 15 is 0 Å². The molecule has 0 saturated heterocycles. The van der Waals surface area contributed by atoms with Gasteiger partial charge in [-0.15, -0.1) is 11.3 Å². The first kappa shape index (κ1) is 34.2. The fraction of sp³-hybridized carbons (Fsp3) is 0.200. The molecular formula is C55H44N2S. The maximum Gasteiger partial charge on any atom is 0.161 e. The highest BCUT2D eigenvalue weighted by Crippen LogP contribution is 2.64. The first-order valence-corrected chi connectivity index (χ1v) is 21.9. The zero-order chi connectivity index (χ0) is 38.6. The third-order valence-corrected chi connectivity index (χ3v) is 15.3. The number of thiophene rings is 1. The van der Waals surface area contributed by atoms with E-state index in [1.165, 1.54) is 86.7 Å². The Morgan fingerprint density at radius 3 is 2.10 bits per heavy atom. The Labute approximate surface area is 344 Å². The minimum atomic E-state index is 0.0751. The Balaban J connectivity index is 0.977. The van der Waals surface area contributed by atoms with Crippen LogP contribution in [-0.4, -0.2) is 9.97 Å². The molecule has 6 aromatic carbocycles. The molecular weight excluding hydrogens is 721 g/mol. The van der Waals surface area contributed by atoms with Crippen LogP contribution in [0, 0.1) is 5.92 Å². The summed E-state index contributed by atoms with van der Waals surface area (Å²) in [5.41, 5.74) is 17.5. The lowest BCUT2D eigenvalue weighted by atomic mass is 9.64. The SMILES string of the molecule is CC1(C)c2ccccc2C2C=C3C(=CC21)c1c(-c2cccc(-c4cccc(-c5nc(-c6ccccc6)c6c(n5)sc5ccccc56)c4)c2)cccc1C31CCCCC1. The average Bonchev–Trinajstić information content (AvgIpc) is 3.86. The summed E-state index contributed by atoms with van der Waals surface area (Å²) < 4.78 is 1.23. The number of aromatic nitrogens is 2. The molecule has 1 fully saturated rings. The summed E-state index contributed by atoms with van der Waals surface area (Å²) in [6.45, 7) is 4.94. The normalized spacial score (nSPS) is 19.7. The molecule has 0 radical (unpaired) electrons. The van der Waals surface area contributed by atoms with Crippen LogP contribution in [0.5, 0.6) is 0 Å². The van der Waals surface area contributed by atoms with Gasteiger partial charge in [0.05, 0.1) is 5.69 Å². The van der Waals surface area contributed by atoms with Crippen LogP contribution in [0.3, 0.4) is 0 Å². The second-order valence-corrected chi connectivity index (χ2v) is 18.6. The van der Waals surface area contributed by atoms with E-state index in [2.05, 4.69) is 172 Å². The highest BCUT2D eigenvalue weighted by Gasteiger charge is 2.53. The van der Waals surface area contributed by atoms with Crippen molar-refractivity contribution in [2.75, 3.05) is 0 Å². The van der Waals surface area contributed by atoms with Crippen molar-refractivity contribution in [1.29, 1.82) is 0 Å². The Hall–Kier alpha value is -5.90. The lowest BCUT2D eigenvalue weighted by Gasteiger charge is -2.39. The van der Waals surface area contributed by atoms with Gasteiger partial charge in [0.25, 0.3) is 0 Å². The quantitative estimate of drug-likeness (QED) is 0.178. The molecule has 8 aromatic rings. The Morgan fingerprint density at radius 1 is 0.586 bits per heavy atom. The summed E-state index contributed by atoms with van der Waals surface area (Å²) in [6, 6.07) is 53.7. The number of hydrogen-bond acceptors (Lipinski definition) is 3. The molecule has 2 atom stereocenters. The zero-order valence-corrected chi connectivity index (χ0v) is 33.8. The predicted molar refractivity (Wildman–Crippen MR) is 243 cm³/mol. The number of benzene rings is 6. The zero-order valence-electron chi connectivity index (χ0n) is 33.0. The summed E-state index contributed by atoms with van der Waals surface area (Å²) in [7, 11) is 0. The van der Waals surface area contributed by atoms with Crippen molar-refractivity contribution in [2.24, 2.45) is 5.92 Å². The Morgan fingerprint density at radius 2 is 1.26 bits per heavy atom. The third kappa shape index (κ3) is 4.96. The molecule has 4 aliphatic carbocycles. The molecule has 1 saturated carbocycles. The van der Waals surface area contributed by atoms with Crippen LogP contribution in [0.2, 0.25) is 0 Å². The fourth-order valence-electron chi connectivity index (χ4n) is 11.5. The molecule has 12 rings (SSSR count). The number of nitrogens with zero attached hydrogens (tertiary/aromatic N) is 2. The van der Waals surface area contributed by atoms with E-state index in [9.17, 15) is 0 Å². The van der Waals surface area contributed by atoms with Crippen LogP contribution >= 0.6 is 11.3 Å². The largest absolute Gasteiger partial charge is 0.227 e. The van der Waals surface area contributed by atoms with Gasteiger partial charge in [0, 0.05) is 37.9 Å². The van der Waals surface area contributed by atoms with Gasteiger partial charge in [0.2, 0.25) is 0 Å². The van der Waals surface area contributed by atoms with Gasteiger partial charge in [-0.3, -0.25) is 0 Å². The standard InChI is InChI=1S/C55H44N2S/c1-54(2)44-25-9-7-22-40(44)42-32-47-43(33-46(42)54)49-39(24-15-26-45(49)55(47)28-11-4-12-29-55)37-20-13-18-35(30-37)36-19-14-21-38(31-36)52-56-51(34-16-5-3-6-17-34)50-41-23-8-10-27-48(41)58-53(50)57-52/h3,5-10,13-27,30-33,42,46H,4,11-12,28-29H2,1-2H3. The topological polar surface area (TPSA) is 25.8 Å². The Kier molecular flexibility index (Phi) is 7.54. The van der Waals surface area contributed by atoms with E-state index in [0.29, 0.717) is 11.8 Å². The lowest BCUT2D eigenvalue weighted by molar-refractivity contribution is 0.345. The van der Waals surface area contributed by atoms with Gasteiger partial charge >= 0.3 is 0 Å². The van der Waals surface area contributed by atoms with Crippen LogP contribution in [-0.2, 0) is 10.8 Å². The van der Waals surface area contributed by atoms with Gasteiger partial charge in [-0.1, -0.05) is 173 Å². The number of fused-ring (bicyclic) bond motifs is 11. The predicted octanol–water partition coefficient (Wildman–Crippen LogP) is 14.7. The summed E-state index contributed by atoms with van der Waals surface area (Å²) in [5.74, 6) is 1.63. The number of allylic oxidation sites excluding steroid dienone is 4. The van der Waals surface area contributed by atoms with Crippen molar-refractivity contribution in [3.8, 4) is 44.9 Å². The van der Waals surface area contributed by atoms with Gasteiger partial charge in [-0.2, -0.15) is 0 Å². The van der Waals surface area contributed by atoms with Crippen molar-refractivity contribution < 1.29 is 0 Å². The van der Waals surface area contributed by atoms with Crippen molar-refractivity contribution in [3.05, 3.63) is 186 Å². The van der Waals surface area contributed by atoms with E-state index in [1.807, 2.05) is 0 Å². The maximum absolute atomic E-state index is 5.31. The average molecular weight is 765 g/mol. The maximum atomic E-state index is 5.31. The van der Waals surface area contributed by atoms with Crippen molar-refractivity contribution >= 4 is 37.2 Å². The molecule has 2 aromatic heterocycles. The molecule has 280 valence electrons. The van der Waals surface area contributed by atoms with Gasteiger partial charge < -0.3 is 0 Å². The molecule has 58 heavy (non-hydrogen) atoms. The molecule has 0 amide bonds. The highest BCUT2D eigenvalue weighted by atomic mass is 32.1. The Bertz CT molecular complexity index is 3030. The van der Waals surface area contributed by atoms with Gasteiger partial charge in [-0.25, -0.2) is 9.97 Å². The summed E-state index contributed by atoms with van der Waals surface area (Å²) in [5, 5.41) is 2.34. The van der Waals surface area contributed by atoms with Crippen LogP contribution in [0.15, 0.2) is 163 Å². The smallest absolute Gasteiger partial charge is 0.161 e. The molecule has 2 heterocycles. The fourth-order valence-corrected chi connectivity index (χ4v) is 12.5. The van der Waals surface area contributed by atoms with Crippen LogP contribution in [0.25, 0.3) is 70.8 Å². The highest BCUT2D eigenvalue weighted by molar-refractivity contribution is 7.25. The third-order valence-electron chi connectivity index (χ3n) is 14.2. The lowest BCUT2D eigenvalue weighted by Crippen LogP contribution is -2.31. The second kappa shape index (κ2) is 12.8. The van der Waals surface area contributed by atoms with E-state index in [-0.39, 0.29) is 10.8 Å². The van der Waals surface area contributed by atoms with E-state index in [4.69, 9.17) is 9.97 Å². The van der Waals surface area contributed by atoms with E-state index in [1.54, 1.807) is 22.5 Å². The summed E-state index contributed by atoms with van der Waals surface area (Å²) >= 11 is 1.75. The van der Waals surface area contributed by atoms with Crippen molar-refractivity contribution in [2.45, 2.75) is 62.7 Å². The molecule has 2 unspecified atom stereocenters. The second-order valence-electron chi connectivity index (χ2n) is 17.6. The molecule has 1 spiro atoms. The number of rotatable bonds is 4. The summed E-state index contributed by atoms with van der Waals surface area (Å²) in [6.07, 6.45) is 11.9. The molecule has 0 N–H and O–H groups in total. The molecule has 3 heteroatoms. The van der Waals surface area contributed by atoms with Crippen LogP contribution < -0.4 is 0 Å². The summed E-state index contributed by atoms with van der Waals surface area (Å²) in [4.78, 5) is 11.6. The first-order valence-electron chi connectivity index (χ1n) is 21.1. The first-order chi connectivity index (χ1) is 28.5. The van der Waals surface area contributed by atoms with Crippen LogP contribution in [0.1, 0.15) is 74.1 Å². The molecule has 0 bridgehead atoms.